The molecule has 0 bridgehead atoms. The van der Waals surface area contributed by atoms with Gasteiger partial charge in [0, 0.05) is 23.9 Å². The molecular formula is C13H8BrClN4O4. The van der Waals surface area contributed by atoms with Crippen LogP contribution in [0.2, 0.25) is 5.15 Å². The van der Waals surface area contributed by atoms with Crippen LogP contribution in [0.25, 0.3) is 0 Å². The molecule has 0 fully saturated rings. The number of nitrogens with one attached hydrogen (secondary N) is 1. The van der Waals surface area contributed by atoms with Crippen molar-refractivity contribution in [2.75, 3.05) is 0 Å². The van der Waals surface area contributed by atoms with Crippen LogP contribution in [0.1, 0.15) is 15.9 Å². The zero-order chi connectivity index (χ0) is 17.0. The van der Waals surface area contributed by atoms with Gasteiger partial charge in [-0.05, 0) is 28.1 Å². The van der Waals surface area contributed by atoms with E-state index in [9.17, 15) is 20.0 Å². The number of nitro groups is 1. The predicted molar refractivity (Wildman–Crippen MR) is 86.8 cm³/mol. The summed E-state index contributed by atoms with van der Waals surface area (Å²) in [7, 11) is 0. The summed E-state index contributed by atoms with van der Waals surface area (Å²) in [6.07, 6.45) is 2.51. The van der Waals surface area contributed by atoms with Gasteiger partial charge < -0.3 is 5.11 Å². The monoisotopic (exact) mass is 398 g/mol. The number of aromatic nitrogens is 1. The molecule has 0 spiro atoms. The summed E-state index contributed by atoms with van der Waals surface area (Å²) in [6, 6.07) is 5.27. The van der Waals surface area contributed by atoms with Crippen molar-refractivity contribution in [2.24, 2.45) is 5.10 Å². The van der Waals surface area contributed by atoms with Crippen molar-refractivity contribution in [1.29, 1.82) is 0 Å². The average molecular weight is 400 g/mol. The van der Waals surface area contributed by atoms with Gasteiger partial charge in [0.1, 0.15) is 10.9 Å². The lowest BCUT2D eigenvalue weighted by Crippen LogP contribution is -2.18. The molecule has 1 amide bonds. The number of rotatable bonds is 4. The molecule has 23 heavy (non-hydrogen) atoms. The first-order valence-corrected chi connectivity index (χ1v) is 7.18. The molecule has 2 N–H and O–H groups in total. The number of amides is 1. The number of hydrazone groups is 1. The number of pyridine rings is 1. The maximum atomic E-state index is 11.9. The Labute approximate surface area is 143 Å². The molecule has 2 aromatic rings. The smallest absolute Gasteiger partial charge is 0.274 e. The fourth-order valence-electron chi connectivity index (χ4n) is 1.59. The van der Waals surface area contributed by atoms with Gasteiger partial charge in [-0.1, -0.05) is 11.6 Å². The van der Waals surface area contributed by atoms with E-state index in [-0.39, 0.29) is 32.2 Å². The number of phenols is 1. The summed E-state index contributed by atoms with van der Waals surface area (Å²) in [5, 5.41) is 24.3. The van der Waals surface area contributed by atoms with Crippen molar-refractivity contribution in [3.05, 3.63) is 61.3 Å². The van der Waals surface area contributed by atoms with Crippen LogP contribution in [-0.2, 0) is 0 Å². The van der Waals surface area contributed by atoms with Gasteiger partial charge in [-0.2, -0.15) is 5.10 Å². The number of aromatic hydroxyl groups is 1. The van der Waals surface area contributed by atoms with Crippen molar-refractivity contribution < 1.29 is 14.8 Å². The van der Waals surface area contributed by atoms with Crippen LogP contribution in [0, 0.1) is 10.1 Å². The molecule has 0 aliphatic rings. The first-order chi connectivity index (χ1) is 10.9. The fourth-order valence-corrected chi connectivity index (χ4v) is 2.25. The SMILES string of the molecule is O=C(NN=Cc1cc([N+](=O)[O-])cc(Br)c1O)c1cccnc1Cl. The van der Waals surface area contributed by atoms with Crippen molar-refractivity contribution >= 4 is 45.3 Å². The minimum atomic E-state index is -0.616. The minimum absolute atomic E-state index is 0.0149. The summed E-state index contributed by atoms with van der Waals surface area (Å²) < 4.78 is 0.134. The molecule has 1 heterocycles. The Kier molecular flexibility index (Phi) is 5.24. The van der Waals surface area contributed by atoms with E-state index in [1.807, 2.05) is 0 Å². The molecule has 1 aromatic carbocycles. The van der Waals surface area contributed by atoms with Gasteiger partial charge >= 0.3 is 0 Å². The van der Waals surface area contributed by atoms with Gasteiger partial charge in [0.05, 0.1) is 21.2 Å². The highest BCUT2D eigenvalue weighted by Gasteiger charge is 2.14. The van der Waals surface area contributed by atoms with Gasteiger partial charge in [-0.15, -0.1) is 0 Å². The number of nitro benzene ring substituents is 1. The molecule has 2 rings (SSSR count). The van der Waals surface area contributed by atoms with Gasteiger partial charge in [0.2, 0.25) is 0 Å². The van der Waals surface area contributed by atoms with E-state index in [4.69, 9.17) is 11.6 Å². The summed E-state index contributed by atoms with van der Waals surface area (Å²) in [6.45, 7) is 0. The quantitative estimate of drug-likeness (QED) is 0.355. The molecule has 0 radical (unpaired) electrons. The molecule has 118 valence electrons. The van der Waals surface area contributed by atoms with Crippen molar-refractivity contribution in [2.45, 2.75) is 0 Å². The van der Waals surface area contributed by atoms with E-state index in [0.717, 1.165) is 18.3 Å². The molecule has 0 saturated heterocycles. The lowest BCUT2D eigenvalue weighted by atomic mass is 10.2. The Bertz CT molecular complexity index is 813. The summed E-state index contributed by atoms with van der Waals surface area (Å²) >= 11 is 8.77. The van der Waals surface area contributed by atoms with Crippen LogP contribution >= 0.6 is 27.5 Å². The van der Waals surface area contributed by atoms with Crippen molar-refractivity contribution in [3.63, 3.8) is 0 Å². The Balaban J connectivity index is 2.19. The third kappa shape index (κ3) is 4.02. The minimum Gasteiger partial charge on any atom is -0.506 e. The third-order valence-electron chi connectivity index (χ3n) is 2.66. The van der Waals surface area contributed by atoms with Crippen LogP contribution in [0.5, 0.6) is 5.75 Å². The van der Waals surface area contributed by atoms with Gasteiger partial charge in [-0.25, -0.2) is 10.4 Å². The first-order valence-electron chi connectivity index (χ1n) is 6.01. The van der Waals surface area contributed by atoms with E-state index < -0.39 is 10.8 Å². The van der Waals surface area contributed by atoms with Gasteiger partial charge in [-0.3, -0.25) is 14.9 Å². The Morgan fingerprint density at radius 3 is 2.91 bits per heavy atom. The number of hydrogen-bond acceptors (Lipinski definition) is 6. The van der Waals surface area contributed by atoms with Gasteiger partial charge in [0.25, 0.3) is 11.6 Å². The maximum absolute atomic E-state index is 11.9. The van der Waals surface area contributed by atoms with E-state index in [2.05, 4.69) is 31.4 Å². The number of nitrogens with zero attached hydrogens (tertiary/aromatic N) is 3. The topological polar surface area (TPSA) is 118 Å². The Morgan fingerprint density at radius 1 is 1.52 bits per heavy atom. The number of benzene rings is 1. The molecule has 0 unspecified atom stereocenters. The Morgan fingerprint density at radius 2 is 2.26 bits per heavy atom. The molecule has 10 heteroatoms. The van der Waals surface area contributed by atoms with Gasteiger partial charge in [0.15, 0.2) is 0 Å². The van der Waals surface area contributed by atoms with E-state index >= 15 is 0 Å². The second-order valence-corrected chi connectivity index (χ2v) is 5.38. The molecule has 0 saturated carbocycles. The van der Waals surface area contributed by atoms with Crippen molar-refractivity contribution in [3.8, 4) is 5.75 Å². The molecule has 0 aliphatic carbocycles. The first kappa shape index (κ1) is 16.8. The third-order valence-corrected chi connectivity index (χ3v) is 3.57. The average Bonchev–Trinajstić information content (AvgIpc) is 2.51. The maximum Gasteiger partial charge on any atom is 0.274 e. The summed E-state index contributed by atoms with van der Waals surface area (Å²) in [5.41, 5.74) is 2.14. The largest absolute Gasteiger partial charge is 0.506 e. The number of carbonyl (C=O) groups is 1. The standard InChI is InChI=1S/C13H8BrClN4O4/c14-10-5-8(19(22)23)4-7(11(10)20)6-17-18-13(21)9-2-1-3-16-12(9)15/h1-6,20H,(H,18,21). The van der Waals surface area contributed by atoms with E-state index in [0.29, 0.717) is 0 Å². The molecule has 0 atom stereocenters. The van der Waals surface area contributed by atoms with E-state index in [1.54, 1.807) is 0 Å². The zero-order valence-electron chi connectivity index (χ0n) is 11.2. The van der Waals surface area contributed by atoms with Crippen LogP contribution in [0.4, 0.5) is 5.69 Å². The summed E-state index contributed by atoms with van der Waals surface area (Å²) in [4.78, 5) is 25.8. The fraction of sp³-hybridized carbons (Fsp3) is 0. The summed E-state index contributed by atoms with van der Waals surface area (Å²) in [5.74, 6) is -0.851. The molecule has 8 nitrogen and oxygen atoms in total. The molecular weight excluding hydrogens is 392 g/mol. The normalized spacial score (nSPS) is 10.7. The van der Waals surface area contributed by atoms with E-state index in [1.165, 1.54) is 18.3 Å². The lowest BCUT2D eigenvalue weighted by Gasteiger charge is -2.03. The number of halogens is 2. The highest BCUT2D eigenvalue weighted by molar-refractivity contribution is 9.10. The van der Waals surface area contributed by atoms with Crippen LogP contribution in [0.3, 0.4) is 0 Å². The molecule has 0 aliphatic heterocycles. The molecule has 1 aromatic heterocycles. The number of non-ortho nitro benzene ring substituents is 1. The van der Waals surface area contributed by atoms with Crippen LogP contribution in [0.15, 0.2) is 40.0 Å². The zero-order valence-corrected chi connectivity index (χ0v) is 13.6. The predicted octanol–water partition coefficient (Wildman–Crippen LogP) is 2.88. The van der Waals surface area contributed by atoms with Crippen molar-refractivity contribution in [1.82, 2.24) is 10.4 Å². The second-order valence-electron chi connectivity index (χ2n) is 4.16. The number of carbonyl (C=O) groups excluding carboxylic acids is 1. The second kappa shape index (κ2) is 7.16. The number of hydrogen-bond donors (Lipinski definition) is 2. The Hall–Kier alpha value is -2.52. The number of phenolic OH excluding ortho intramolecular Hbond substituents is 1. The highest BCUT2D eigenvalue weighted by atomic mass is 79.9. The lowest BCUT2D eigenvalue weighted by molar-refractivity contribution is -0.385. The highest BCUT2D eigenvalue weighted by Crippen LogP contribution is 2.31. The van der Waals surface area contributed by atoms with Crippen LogP contribution in [-0.4, -0.2) is 27.1 Å². The van der Waals surface area contributed by atoms with Crippen LogP contribution < -0.4 is 5.43 Å².